The van der Waals surface area contributed by atoms with Gasteiger partial charge >= 0.3 is 0 Å². The van der Waals surface area contributed by atoms with Crippen LogP contribution in [-0.2, 0) is 0 Å². The van der Waals surface area contributed by atoms with Crippen molar-refractivity contribution >= 4 is 40.7 Å². The fraction of sp³-hybridized carbons (Fsp3) is 0.0769. The number of hydrogen-bond donors (Lipinski definition) is 1. The molecule has 0 spiro atoms. The smallest absolute Gasteiger partial charge is 0.267 e. The molecule has 1 aromatic carbocycles. The zero-order valence-electron chi connectivity index (χ0n) is 10.9. The van der Waals surface area contributed by atoms with Gasteiger partial charge in [0, 0.05) is 21.4 Å². The lowest BCUT2D eigenvalue weighted by Gasteiger charge is -2.00. The van der Waals surface area contributed by atoms with Gasteiger partial charge in [0.1, 0.15) is 5.02 Å². The Morgan fingerprint density at radius 1 is 1.43 bits per heavy atom. The van der Waals surface area contributed by atoms with Crippen molar-refractivity contribution in [3.63, 3.8) is 0 Å². The number of carbonyl (C=O) groups excluding carboxylic acids is 1. The Bertz CT molecular complexity index is 727. The van der Waals surface area contributed by atoms with Crippen molar-refractivity contribution in [2.24, 2.45) is 5.10 Å². The second kappa shape index (κ2) is 6.47. The maximum atomic E-state index is 11.8. The molecular formula is C13H10ClN3O3S. The molecule has 1 N–H and O–H groups in total. The van der Waals surface area contributed by atoms with Gasteiger partial charge in [-0.3, -0.25) is 14.9 Å². The first-order chi connectivity index (χ1) is 9.97. The largest absolute Gasteiger partial charge is 0.288 e. The van der Waals surface area contributed by atoms with Crippen LogP contribution in [-0.4, -0.2) is 17.0 Å². The zero-order chi connectivity index (χ0) is 15.4. The molecule has 2 aromatic rings. The summed E-state index contributed by atoms with van der Waals surface area (Å²) in [7, 11) is 0. The summed E-state index contributed by atoms with van der Waals surface area (Å²) in [5.41, 5.74) is 2.11. The van der Waals surface area contributed by atoms with Crippen LogP contribution >= 0.6 is 22.9 Å². The molecule has 0 bridgehead atoms. The van der Waals surface area contributed by atoms with E-state index in [1.165, 1.54) is 29.7 Å². The van der Waals surface area contributed by atoms with Crippen LogP contribution in [0.1, 0.15) is 20.1 Å². The van der Waals surface area contributed by atoms with Crippen LogP contribution in [0.25, 0.3) is 0 Å². The summed E-state index contributed by atoms with van der Waals surface area (Å²) >= 11 is 7.22. The van der Waals surface area contributed by atoms with Crippen molar-refractivity contribution in [2.75, 3.05) is 0 Å². The molecule has 21 heavy (non-hydrogen) atoms. The summed E-state index contributed by atoms with van der Waals surface area (Å²) in [6, 6.07) is 7.64. The van der Waals surface area contributed by atoms with Gasteiger partial charge in [-0.2, -0.15) is 5.10 Å². The van der Waals surface area contributed by atoms with Gasteiger partial charge in [0.2, 0.25) is 0 Å². The predicted octanol–water partition coefficient (Wildman–Crippen LogP) is 3.38. The number of nitro groups is 1. The van der Waals surface area contributed by atoms with Gasteiger partial charge in [-0.25, -0.2) is 5.43 Å². The van der Waals surface area contributed by atoms with Crippen molar-refractivity contribution in [1.82, 2.24) is 5.43 Å². The number of hydrazone groups is 1. The molecular weight excluding hydrogens is 314 g/mol. The van der Waals surface area contributed by atoms with Gasteiger partial charge < -0.3 is 0 Å². The third kappa shape index (κ3) is 3.87. The fourth-order valence-corrected chi connectivity index (χ4v) is 2.47. The Morgan fingerprint density at radius 3 is 2.81 bits per heavy atom. The van der Waals surface area contributed by atoms with E-state index < -0.39 is 10.8 Å². The third-order valence-electron chi connectivity index (χ3n) is 2.52. The number of thiophene rings is 1. The SMILES string of the molecule is Cc1ccc(C=NNC(=O)c2ccc(Cl)c([N+](=O)[O-])c2)s1. The number of aryl methyl sites for hydroxylation is 1. The number of nitrogens with zero attached hydrogens (tertiary/aromatic N) is 2. The molecule has 0 unspecified atom stereocenters. The molecule has 0 aliphatic heterocycles. The molecule has 1 aromatic heterocycles. The summed E-state index contributed by atoms with van der Waals surface area (Å²) in [5, 5.41) is 14.6. The molecule has 0 fully saturated rings. The van der Waals surface area contributed by atoms with Gasteiger partial charge in [-0.05, 0) is 31.2 Å². The lowest BCUT2D eigenvalue weighted by Crippen LogP contribution is -2.17. The molecule has 0 aliphatic carbocycles. The molecule has 0 saturated carbocycles. The lowest BCUT2D eigenvalue weighted by atomic mass is 10.2. The second-order valence-electron chi connectivity index (χ2n) is 4.07. The number of benzene rings is 1. The van der Waals surface area contributed by atoms with E-state index in [9.17, 15) is 14.9 Å². The highest BCUT2D eigenvalue weighted by Crippen LogP contribution is 2.24. The van der Waals surface area contributed by atoms with E-state index in [-0.39, 0.29) is 16.3 Å². The van der Waals surface area contributed by atoms with E-state index in [1.807, 2.05) is 19.1 Å². The standard InChI is InChI=1S/C13H10ClN3O3S/c1-8-2-4-10(21-8)7-15-16-13(18)9-3-5-11(14)12(6-9)17(19)20/h2-7H,1H3,(H,16,18). The van der Waals surface area contributed by atoms with Gasteiger partial charge in [0.25, 0.3) is 11.6 Å². The minimum atomic E-state index is -0.642. The highest BCUT2D eigenvalue weighted by molar-refractivity contribution is 7.13. The Hall–Kier alpha value is -2.25. The minimum absolute atomic E-state index is 0.0193. The van der Waals surface area contributed by atoms with E-state index in [2.05, 4.69) is 10.5 Å². The number of amides is 1. The van der Waals surface area contributed by atoms with Crippen molar-refractivity contribution in [3.05, 3.63) is 60.8 Å². The summed E-state index contributed by atoms with van der Waals surface area (Å²) < 4.78 is 0. The maximum Gasteiger partial charge on any atom is 0.288 e. The molecule has 8 heteroatoms. The summed E-state index contributed by atoms with van der Waals surface area (Å²) in [6.07, 6.45) is 1.51. The Kier molecular flexibility index (Phi) is 4.66. The number of halogens is 1. The van der Waals surface area contributed by atoms with Crippen molar-refractivity contribution in [2.45, 2.75) is 6.92 Å². The fourth-order valence-electron chi connectivity index (χ4n) is 1.54. The number of carbonyl (C=O) groups is 1. The van der Waals surface area contributed by atoms with E-state index >= 15 is 0 Å². The topological polar surface area (TPSA) is 84.6 Å². The average Bonchev–Trinajstić information content (AvgIpc) is 2.84. The van der Waals surface area contributed by atoms with Gasteiger partial charge in [-0.15, -0.1) is 11.3 Å². The third-order valence-corrected chi connectivity index (χ3v) is 3.78. The molecule has 0 saturated heterocycles. The summed E-state index contributed by atoms with van der Waals surface area (Å²) in [6.45, 7) is 1.97. The quantitative estimate of drug-likeness (QED) is 0.531. The number of nitrogens with one attached hydrogen (secondary N) is 1. The lowest BCUT2D eigenvalue weighted by molar-refractivity contribution is -0.384. The first-order valence-electron chi connectivity index (χ1n) is 5.81. The van der Waals surface area contributed by atoms with Crippen molar-refractivity contribution in [3.8, 4) is 0 Å². The van der Waals surface area contributed by atoms with Crippen molar-refractivity contribution < 1.29 is 9.72 Å². The van der Waals surface area contributed by atoms with Crippen LogP contribution in [0.5, 0.6) is 0 Å². The van der Waals surface area contributed by atoms with E-state index in [1.54, 1.807) is 0 Å². The number of hydrogen-bond acceptors (Lipinski definition) is 5. The van der Waals surface area contributed by atoms with Gasteiger partial charge in [-0.1, -0.05) is 11.6 Å². The highest BCUT2D eigenvalue weighted by Gasteiger charge is 2.15. The Balaban J connectivity index is 2.08. The van der Waals surface area contributed by atoms with Crippen LogP contribution in [0.4, 0.5) is 5.69 Å². The van der Waals surface area contributed by atoms with Crippen LogP contribution in [0.15, 0.2) is 35.4 Å². The molecule has 0 radical (unpaired) electrons. The molecule has 6 nitrogen and oxygen atoms in total. The molecule has 0 aliphatic rings. The van der Waals surface area contributed by atoms with Crippen LogP contribution in [0, 0.1) is 17.0 Å². The van der Waals surface area contributed by atoms with Crippen molar-refractivity contribution in [1.29, 1.82) is 0 Å². The monoisotopic (exact) mass is 323 g/mol. The second-order valence-corrected chi connectivity index (χ2v) is 5.80. The predicted molar refractivity (Wildman–Crippen MR) is 82.2 cm³/mol. The first kappa shape index (κ1) is 15.1. The number of nitro benzene ring substituents is 1. The molecule has 0 atom stereocenters. The summed E-state index contributed by atoms with van der Waals surface area (Å²) in [4.78, 5) is 24.0. The van der Waals surface area contributed by atoms with E-state index in [4.69, 9.17) is 11.6 Å². The van der Waals surface area contributed by atoms with Crippen LogP contribution < -0.4 is 5.43 Å². The van der Waals surface area contributed by atoms with Crippen LogP contribution in [0.3, 0.4) is 0 Å². The average molecular weight is 324 g/mol. The normalized spacial score (nSPS) is 10.8. The molecule has 2 rings (SSSR count). The van der Waals surface area contributed by atoms with Crippen LogP contribution in [0.2, 0.25) is 5.02 Å². The van der Waals surface area contributed by atoms with E-state index in [0.717, 1.165) is 15.8 Å². The molecule has 1 amide bonds. The highest BCUT2D eigenvalue weighted by atomic mass is 35.5. The van der Waals surface area contributed by atoms with E-state index in [0.29, 0.717) is 0 Å². The molecule has 108 valence electrons. The first-order valence-corrected chi connectivity index (χ1v) is 7.00. The molecule has 1 heterocycles. The summed E-state index contributed by atoms with van der Waals surface area (Å²) in [5.74, 6) is -0.542. The number of rotatable bonds is 4. The Morgan fingerprint density at radius 2 is 2.19 bits per heavy atom. The zero-order valence-corrected chi connectivity index (χ0v) is 12.4. The maximum absolute atomic E-state index is 11.8. The Labute approximate surface area is 129 Å². The van der Waals surface area contributed by atoms with Gasteiger partial charge in [0.15, 0.2) is 0 Å². The minimum Gasteiger partial charge on any atom is -0.267 e. The van der Waals surface area contributed by atoms with Gasteiger partial charge in [0.05, 0.1) is 11.1 Å².